The maximum absolute atomic E-state index is 13.5. The van der Waals surface area contributed by atoms with Gasteiger partial charge in [0.15, 0.2) is 10.8 Å². The number of carboxylic acids is 1. The zero-order chi connectivity index (χ0) is 29.4. The van der Waals surface area contributed by atoms with Crippen LogP contribution in [0.4, 0.5) is 5.13 Å². The highest BCUT2D eigenvalue weighted by Crippen LogP contribution is 2.45. The van der Waals surface area contributed by atoms with Crippen molar-refractivity contribution in [2.45, 2.75) is 49.6 Å². The molecule has 218 valence electrons. The van der Waals surface area contributed by atoms with E-state index in [-0.39, 0.29) is 40.0 Å². The number of amides is 3. The summed E-state index contributed by atoms with van der Waals surface area (Å²) in [5.41, 5.74) is 7.53. The lowest BCUT2D eigenvalue weighted by Crippen LogP contribution is -2.71. The van der Waals surface area contributed by atoms with Crippen LogP contribution in [-0.4, -0.2) is 79.2 Å². The van der Waals surface area contributed by atoms with Crippen LogP contribution in [0.3, 0.4) is 0 Å². The number of fused-ring (bicyclic) bond motifs is 1. The molecule has 5 heterocycles. The average molecular weight is 610 g/mol. The average Bonchev–Trinajstić information content (AvgIpc) is 3.76. The Morgan fingerprint density at radius 1 is 1.26 bits per heavy atom. The van der Waals surface area contributed by atoms with Gasteiger partial charge in [-0.2, -0.15) is 0 Å². The third kappa shape index (κ3) is 5.13. The fraction of sp³-hybridized carbons (Fsp3) is 0.370. The number of aromatic nitrogens is 2. The first-order chi connectivity index (χ1) is 20.3. The van der Waals surface area contributed by atoms with Crippen molar-refractivity contribution in [3.05, 3.63) is 58.0 Å². The van der Waals surface area contributed by atoms with Gasteiger partial charge in [0, 0.05) is 46.8 Å². The van der Waals surface area contributed by atoms with Gasteiger partial charge >= 0.3 is 5.97 Å². The molecule has 1 aliphatic carbocycles. The van der Waals surface area contributed by atoms with Crippen LogP contribution in [0.2, 0.25) is 0 Å². The normalized spacial score (nSPS) is 23.8. The molecule has 15 heteroatoms. The molecule has 42 heavy (non-hydrogen) atoms. The Morgan fingerprint density at radius 3 is 2.71 bits per heavy atom. The molecule has 4 aliphatic rings. The molecule has 0 spiro atoms. The van der Waals surface area contributed by atoms with E-state index < -0.39 is 29.2 Å². The summed E-state index contributed by atoms with van der Waals surface area (Å²) in [5.74, 6) is -2.66. The molecule has 6 rings (SSSR count). The Labute approximate surface area is 248 Å². The van der Waals surface area contributed by atoms with Crippen molar-refractivity contribution in [2.75, 3.05) is 18.0 Å². The van der Waals surface area contributed by atoms with Crippen LogP contribution in [0.25, 0.3) is 5.57 Å². The SMILES string of the molecule is Nc1nc(C(=NOC2CCCC2)C(=O)N[C@@H]2C(=O)N3C(C(=O)O)=C(C(=C4CCNC4=O)c4cccnc4)CS[C@H]23)cs1. The molecular weight excluding hydrogens is 582 g/mol. The molecule has 2 aromatic rings. The van der Waals surface area contributed by atoms with Crippen molar-refractivity contribution >= 4 is 63.2 Å². The highest BCUT2D eigenvalue weighted by Gasteiger charge is 2.55. The summed E-state index contributed by atoms with van der Waals surface area (Å²) in [6.45, 7) is 0.430. The molecule has 0 radical (unpaired) electrons. The Bertz CT molecular complexity index is 1550. The van der Waals surface area contributed by atoms with Gasteiger partial charge in [0.25, 0.3) is 11.8 Å². The number of rotatable bonds is 8. The molecular formula is C27H27N7O6S2. The number of allylic oxidation sites excluding steroid dienone is 1. The number of nitrogens with two attached hydrogens (primary N) is 1. The molecule has 2 atom stereocenters. The summed E-state index contributed by atoms with van der Waals surface area (Å²) >= 11 is 2.45. The fourth-order valence-corrected chi connectivity index (χ4v) is 7.44. The van der Waals surface area contributed by atoms with Crippen LogP contribution < -0.4 is 16.4 Å². The highest BCUT2D eigenvalue weighted by atomic mass is 32.2. The lowest BCUT2D eigenvalue weighted by molar-refractivity contribution is -0.150. The van der Waals surface area contributed by atoms with E-state index in [0.29, 0.717) is 35.2 Å². The quantitative estimate of drug-likeness (QED) is 0.148. The Morgan fingerprint density at radius 2 is 2.07 bits per heavy atom. The zero-order valence-corrected chi connectivity index (χ0v) is 23.9. The predicted octanol–water partition coefficient (Wildman–Crippen LogP) is 1.50. The molecule has 0 bridgehead atoms. The summed E-state index contributed by atoms with van der Waals surface area (Å²) in [5, 5.41) is 21.0. The van der Waals surface area contributed by atoms with Crippen LogP contribution in [0.1, 0.15) is 43.4 Å². The summed E-state index contributed by atoms with van der Waals surface area (Å²) in [6.07, 6.45) is 7.15. The first-order valence-corrected chi connectivity index (χ1v) is 15.4. The number of aliphatic carboxylic acids is 1. The second kappa shape index (κ2) is 11.6. The minimum absolute atomic E-state index is 0.104. The Kier molecular flexibility index (Phi) is 7.68. The van der Waals surface area contributed by atoms with Gasteiger partial charge in [0.2, 0.25) is 5.91 Å². The largest absolute Gasteiger partial charge is 0.477 e. The van der Waals surface area contributed by atoms with Gasteiger partial charge in [-0.25, -0.2) is 9.78 Å². The van der Waals surface area contributed by atoms with E-state index in [0.717, 1.165) is 37.0 Å². The number of thioether (sulfide) groups is 1. The molecule has 2 saturated heterocycles. The molecule has 13 nitrogen and oxygen atoms in total. The number of oxime groups is 1. The molecule has 5 N–H and O–H groups in total. The fourth-order valence-electron chi connectivity index (χ4n) is 5.54. The molecule has 1 saturated carbocycles. The van der Waals surface area contributed by atoms with Gasteiger partial charge < -0.3 is 26.3 Å². The zero-order valence-electron chi connectivity index (χ0n) is 22.2. The van der Waals surface area contributed by atoms with E-state index in [1.165, 1.54) is 16.7 Å². The summed E-state index contributed by atoms with van der Waals surface area (Å²) in [7, 11) is 0. The second-order valence-electron chi connectivity index (χ2n) is 10.1. The van der Waals surface area contributed by atoms with Crippen LogP contribution in [0.5, 0.6) is 0 Å². The van der Waals surface area contributed by atoms with Crippen LogP contribution in [0.15, 0.2) is 51.9 Å². The molecule has 3 amide bonds. The van der Waals surface area contributed by atoms with Crippen molar-refractivity contribution in [3.8, 4) is 0 Å². The topological polar surface area (TPSA) is 189 Å². The monoisotopic (exact) mass is 609 g/mol. The Hall–Kier alpha value is -4.24. The van der Waals surface area contributed by atoms with E-state index in [1.54, 1.807) is 29.9 Å². The highest BCUT2D eigenvalue weighted by molar-refractivity contribution is 8.00. The predicted molar refractivity (Wildman–Crippen MR) is 155 cm³/mol. The van der Waals surface area contributed by atoms with Gasteiger partial charge in [0.1, 0.15) is 28.9 Å². The molecule has 0 aromatic carbocycles. The number of β-lactam (4-membered cyclic amide) rings is 1. The van der Waals surface area contributed by atoms with Gasteiger partial charge in [-0.15, -0.1) is 23.1 Å². The number of hydrogen-bond donors (Lipinski definition) is 4. The van der Waals surface area contributed by atoms with Gasteiger partial charge in [-0.3, -0.25) is 24.3 Å². The number of nitrogen functional groups attached to an aromatic ring is 1. The number of carbonyl (C=O) groups excluding carboxylic acids is 3. The first-order valence-electron chi connectivity index (χ1n) is 13.4. The van der Waals surface area contributed by atoms with Crippen LogP contribution in [-0.2, 0) is 24.0 Å². The van der Waals surface area contributed by atoms with Crippen LogP contribution >= 0.6 is 23.1 Å². The minimum Gasteiger partial charge on any atom is -0.477 e. The van der Waals surface area contributed by atoms with Crippen LogP contribution in [0, 0.1) is 0 Å². The van der Waals surface area contributed by atoms with Crippen molar-refractivity contribution in [3.63, 3.8) is 0 Å². The van der Waals surface area contributed by atoms with E-state index in [1.807, 2.05) is 0 Å². The van der Waals surface area contributed by atoms with Crippen molar-refractivity contribution in [1.82, 2.24) is 25.5 Å². The summed E-state index contributed by atoms with van der Waals surface area (Å²) in [6, 6.07) is 2.45. The molecule has 3 aliphatic heterocycles. The second-order valence-corrected chi connectivity index (χ2v) is 12.1. The number of carboxylic acid groups (broad SMARTS) is 1. The van der Waals surface area contributed by atoms with Crippen molar-refractivity contribution in [1.29, 1.82) is 0 Å². The number of anilines is 1. The third-order valence-electron chi connectivity index (χ3n) is 7.52. The minimum atomic E-state index is -1.31. The molecule has 3 fully saturated rings. The van der Waals surface area contributed by atoms with E-state index in [2.05, 4.69) is 25.8 Å². The first kappa shape index (κ1) is 27.9. The number of carbonyl (C=O) groups is 4. The number of nitrogens with zero attached hydrogens (tertiary/aromatic N) is 4. The number of pyridine rings is 1. The lowest BCUT2D eigenvalue weighted by Gasteiger charge is -2.49. The Balaban J connectivity index is 1.29. The van der Waals surface area contributed by atoms with E-state index >= 15 is 0 Å². The third-order valence-corrected chi connectivity index (χ3v) is 9.47. The maximum Gasteiger partial charge on any atom is 0.352 e. The summed E-state index contributed by atoms with van der Waals surface area (Å²) in [4.78, 5) is 67.3. The molecule has 2 aromatic heterocycles. The van der Waals surface area contributed by atoms with E-state index in [9.17, 15) is 24.3 Å². The summed E-state index contributed by atoms with van der Waals surface area (Å²) < 4.78 is 0. The van der Waals surface area contributed by atoms with E-state index in [4.69, 9.17) is 10.6 Å². The van der Waals surface area contributed by atoms with Gasteiger partial charge in [-0.05, 0) is 43.7 Å². The van der Waals surface area contributed by atoms with Gasteiger partial charge in [0.05, 0.1) is 0 Å². The number of nitrogens with one attached hydrogen (secondary N) is 2. The van der Waals surface area contributed by atoms with Gasteiger partial charge in [-0.1, -0.05) is 11.2 Å². The smallest absolute Gasteiger partial charge is 0.352 e. The molecule has 0 unspecified atom stereocenters. The maximum atomic E-state index is 13.5. The lowest BCUT2D eigenvalue weighted by atomic mass is 9.90. The standard InChI is InChI=1S/C27H27N7O6S2/c28-27-31-17(12-42-27)19(33-40-14-5-1-2-6-14)23(36)32-20-24(37)34-21(26(38)39)16(11-41-25(20)34)18(13-4-3-8-29-10-13)15-7-9-30-22(15)35/h3-4,8,10,12,14,20,25H,1-2,5-7,9,11H2,(H2,28,31)(H,30,35)(H,32,36)(H,38,39)/t20-,25-/m1/s1. The van der Waals surface area contributed by atoms with Crippen molar-refractivity contribution in [2.24, 2.45) is 5.16 Å². The number of thiazole rings is 1. The van der Waals surface area contributed by atoms with Crippen molar-refractivity contribution < 1.29 is 29.1 Å². The number of hydrogen-bond acceptors (Lipinski definition) is 11.